The normalized spacial score (nSPS) is 10.9. The van der Waals surface area contributed by atoms with Crippen LogP contribution in [0.15, 0.2) is 60.7 Å². The molecule has 0 aromatic heterocycles. The molecule has 0 atom stereocenters. The van der Waals surface area contributed by atoms with Crippen molar-refractivity contribution in [2.45, 2.75) is 6.54 Å². The molecule has 0 saturated heterocycles. The van der Waals surface area contributed by atoms with Crippen molar-refractivity contribution < 1.29 is 4.39 Å². The van der Waals surface area contributed by atoms with Crippen LogP contribution in [-0.4, -0.2) is 7.05 Å². The summed E-state index contributed by atoms with van der Waals surface area (Å²) in [6.07, 6.45) is 0. The molecule has 2 heteroatoms. The monoisotopic (exact) mass is 265 g/mol. The van der Waals surface area contributed by atoms with Gasteiger partial charge in [0.05, 0.1) is 0 Å². The van der Waals surface area contributed by atoms with Gasteiger partial charge in [-0.15, -0.1) is 0 Å². The lowest BCUT2D eigenvalue weighted by Gasteiger charge is -2.09. The summed E-state index contributed by atoms with van der Waals surface area (Å²) in [5, 5.41) is 5.39. The molecule has 0 amide bonds. The van der Waals surface area contributed by atoms with Crippen LogP contribution in [-0.2, 0) is 6.54 Å². The minimum atomic E-state index is -0.164. The van der Waals surface area contributed by atoms with Crippen LogP contribution in [0.2, 0.25) is 0 Å². The van der Waals surface area contributed by atoms with E-state index >= 15 is 0 Å². The average molecular weight is 265 g/mol. The lowest BCUT2D eigenvalue weighted by atomic mass is 9.97. The topological polar surface area (TPSA) is 12.0 Å². The third-order valence-electron chi connectivity index (χ3n) is 3.51. The third-order valence-corrected chi connectivity index (χ3v) is 3.51. The van der Waals surface area contributed by atoms with Crippen LogP contribution < -0.4 is 5.32 Å². The smallest absolute Gasteiger partial charge is 0.127 e. The van der Waals surface area contributed by atoms with E-state index in [2.05, 4.69) is 29.6 Å². The largest absolute Gasteiger partial charge is 0.316 e. The first-order valence-electron chi connectivity index (χ1n) is 6.71. The van der Waals surface area contributed by atoms with Gasteiger partial charge in [0.2, 0.25) is 0 Å². The van der Waals surface area contributed by atoms with Gasteiger partial charge in [0, 0.05) is 12.1 Å². The Kier molecular flexibility index (Phi) is 3.48. The number of hydrogen-bond acceptors (Lipinski definition) is 1. The molecular weight excluding hydrogens is 249 g/mol. The van der Waals surface area contributed by atoms with Gasteiger partial charge in [-0.3, -0.25) is 0 Å². The zero-order chi connectivity index (χ0) is 13.9. The maximum Gasteiger partial charge on any atom is 0.127 e. The summed E-state index contributed by atoms with van der Waals surface area (Å²) in [6, 6.07) is 19.8. The van der Waals surface area contributed by atoms with Crippen molar-refractivity contribution in [3.63, 3.8) is 0 Å². The Morgan fingerprint density at radius 3 is 2.60 bits per heavy atom. The molecule has 0 aliphatic heterocycles. The molecule has 3 aromatic rings. The summed E-state index contributed by atoms with van der Waals surface area (Å²) < 4.78 is 13.7. The molecule has 100 valence electrons. The SMILES string of the molecule is CNCc1cc(-c2cccc3ccccc23)ccc1F. The van der Waals surface area contributed by atoms with Gasteiger partial charge < -0.3 is 5.32 Å². The van der Waals surface area contributed by atoms with Crippen LogP contribution in [0.5, 0.6) is 0 Å². The fourth-order valence-electron chi connectivity index (χ4n) is 2.55. The quantitative estimate of drug-likeness (QED) is 0.741. The Morgan fingerprint density at radius 2 is 1.75 bits per heavy atom. The second-order valence-corrected chi connectivity index (χ2v) is 4.86. The highest BCUT2D eigenvalue weighted by Crippen LogP contribution is 2.29. The molecule has 0 fully saturated rings. The van der Waals surface area contributed by atoms with Crippen LogP contribution in [0, 0.1) is 5.82 Å². The van der Waals surface area contributed by atoms with Crippen molar-refractivity contribution in [2.75, 3.05) is 7.05 Å². The van der Waals surface area contributed by atoms with E-state index in [1.807, 2.05) is 37.4 Å². The van der Waals surface area contributed by atoms with E-state index in [1.54, 1.807) is 6.07 Å². The molecule has 20 heavy (non-hydrogen) atoms. The van der Waals surface area contributed by atoms with E-state index in [0.717, 1.165) is 11.1 Å². The maximum absolute atomic E-state index is 13.7. The number of hydrogen-bond donors (Lipinski definition) is 1. The summed E-state index contributed by atoms with van der Waals surface area (Å²) in [4.78, 5) is 0. The fraction of sp³-hybridized carbons (Fsp3) is 0.111. The van der Waals surface area contributed by atoms with Crippen LogP contribution in [0.4, 0.5) is 4.39 Å². The van der Waals surface area contributed by atoms with Crippen LogP contribution in [0.25, 0.3) is 21.9 Å². The number of fused-ring (bicyclic) bond motifs is 1. The van der Waals surface area contributed by atoms with Gasteiger partial charge in [-0.25, -0.2) is 4.39 Å². The van der Waals surface area contributed by atoms with Gasteiger partial charge in [0.15, 0.2) is 0 Å². The standard InChI is InChI=1S/C18H16FN/c1-20-12-15-11-14(9-10-18(15)19)17-8-4-6-13-5-2-3-7-16(13)17/h2-11,20H,12H2,1H3. The Bertz CT molecular complexity index is 744. The van der Waals surface area contributed by atoms with Crippen molar-refractivity contribution in [1.29, 1.82) is 0 Å². The van der Waals surface area contributed by atoms with Crippen molar-refractivity contribution in [2.24, 2.45) is 0 Å². The highest BCUT2D eigenvalue weighted by molar-refractivity contribution is 5.96. The molecule has 0 saturated carbocycles. The summed E-state index contributed by atoms with van der Waals surface area (Å²) in [5.41, 5.74) is 2.88. The maximum atomic E-state index is 13.7. The minimum Gasteiger partial charge on any atom is -0.316 e. The average Bonchev–Trinajstić information content (AvgIpc) is 2.49. The fourth-order valence-corrected chi connectivity index (χ4v) is 2.55. The predicted molar refractivity (Wildman–Crippen MR) is 82.1 cm³/mol. The molecule has 0 bridgehead atoms. The molecule has 1 nitrogen and oxygen atoms in total. The Labute approximate surface area is 118 Å². The molecule has 3 rings (SSSR count). The van der Waals surface area contributed by atoms with Gasteiger partial charge in [-0.05, 0) is 41.1 Å². The zero-order valence-corrected chi connectivity index (χ0v) is 11.4. The van der Waals surface area contributed by atoms with Gasteiger partial charge in [0.1, 0.15) is 5.82 Å². The lowest BCUT2D eigenvalue weighted by Crippen LogP contribution is -2.07. The van der Waals surface area contributed by atoms with Crippen molar-refractivity contribution in [1.82, 2.24) is 5.32 Å². The van der Waals surface area contributed by atoms with Crippen LogP contribution in [0.1, 0.15) is 5.56 Å². The first-order valence-corrected chi connectivity index (χ1v) is 6.71. The molecule has 0 spiro atoms. The number of halogens is 1. The third kappa shape index (κ3) is 2.30. The summed E-state index contributed by atoms with van der Waals surface area (Å²) in [5.74, 6) is -0.164. The zero-order valence-electron chi connectivity index (χ0n) is 11.4. The molecule has 3 aromatic carbocycles. The molecule has 0 unspecified atom stereocenters. The van der Waals surface area contributed by atoms with Gasteiger partial charge in [-0.2, -0.15) is 0 Å². The first kappa shape index (κ1) is 12.8. The van der Waals surface area contributed by atoms with Crippen molar-refractivity contribution in [3.05, 3.63) is 72.0 Å². The minimum absolute atomic E-state index is 0.164. The van der Waals surface area contributed by atoms with E-state index in [9.17, 15) is 4.39 Å². The van der Waals surface area contributed by atoms with E-state index < -0.39 is 0 Å². The van der Waals surface area contributed by atoms with Crippen molar-refractivity contribution in [3.8, 4) is 11.1 Å². The van der Waals surface area contributed by atoms with E-state index in [4.69, 9.17) is 0 Å². The summed E-state index contributed by atoms with van der Waals surface area (Å²) >= 11 is 0. The van der Waals surface area contributed by atoms with Gasteiger partial charge >= 0.3 is 0 Å². The Morgan fingerprint density at radius 1 is 0.950 bits per heavy atom. The molecule has 1 N–H and O–H groups in total. The summed E-state index contributed by atoms with van der Waals surface area (Å²) in [7, 11) is 1.82. The lowest BCUT2D eigenvalue weighted by molar-refractivity contribution is 0.601. The van der Waals surface area contributed by atoms with Crippen molar-refractivity contribution >= 4 is 10.8 Å². The molecular formula is C18H16FN. The van der Waals surface area contributed by atoms with E-state index in [1.165, 1.54) is 10.8 Å². The van der Waals surface area contributed by atoms with Gasteiger partial charge in [-0.1, -0.05) is 48.5 Å². The Balaban J connectivity index is 2.18. The van der Waals surface area contributed by atoms with E-state index in [0.29, 0.717) is 12.1 Å². The molecule has 0 radical (unpaired) electrons. The highest BCUT2D eigenvalue weighted by atomic mass is 19.1. The predicted octanol–water partition coefficient (Wildman–Crippen LogP) is 4.37. The van der Waals surface area contributed by atoms with Gasteiger partial charge in [0.25, 0.3) is 0 Å². The van der Waals surface area contributed by atoms with E-state index in [-0.39, 0.29) is 5.82 Å². The Hall–Kier alpha value is -2.19. The number of nitrogens with one attached hydrogen (secondary N) is 1. The van der Waals surface area contributed by atoms with Crippen LogP contribution in [0.3, 0.4) is 0 Å². The molecule has 0 aliphatic rings. The first-order chi connectivity index (χ1) is 9.79. The highest BCUT2D eigenvalue weighted by Gasteiger charge is 2.07. The van der Waals surface area contributed by atoms with Crippen LogP contribution >= 0.6 is 0 Å². The molecule has 0 aliphatic carbocycles. The number of rotatable bonds is 3. The number of benzene rings is 3. The second-order valence-electron chi connectivity index (χ2n) is 4.86. The molecule has 0 heterocycles. The summed E-state index contributed by atoms with van der Waals surface area (Å²) in [6.45, 7) is 0.532. The second kappa shape index (κ2) is 5.43.